The van der Waals surface area contributed by atoms with Crippen LogP contribution in [0.3, 0.4) is 0 Å². The molecule has 5 heteroatoms. The summed E-state index contributed by atoms with van der Waals surface area (Å²) in [6, 6.07) is 17.6. The van der Waals surface area contributed by atoms with Crippen molar-refractivity contribution < 1.29 is 4.79 Å². The molecule has 0 spiro atoms. The number of hydrogen-bond donors (Lipinski definition) is 2. The van der Waals surface area contributed by atoms with Crippen LogP contribution in [0.2, 0.25) is 0 Å². The maximum absolute atomic E-state index is 12.4. The molecular weight excluding hydrogens is 390 g/mol. The normalized spacial score (nSPS) is 11.1. The Morgan fingerprint density at radius 2 is 1.88 bits per heavy atom. The molecule has 0 aliphatic carbocycles. The zero-order chi connectivity index (χ0) is 18.9. The van der Waals surface area contributed by atoms with Gasteiger partial charge in [-0.05, 0) is 35.6 Å². The number of nitrogens with zero attached hydrogens (tertiary/aromatic N) is 1. The summed E-state index contributed by atoms with van der Waals surface area (Å²) in [5, 5.41) is 15.2. The first-order valence-electron chi connectivity index (χ1n) is 8.50. The molecule has 26 heavy (non-hydrogen) atoms. The Labute approximate surface area is 163 Å². The van der Waals surface area contributed by atoms with Crippen molar-refractivity contribution >= 4 is 27.5 Å². The zero-order valence-electron chi connectivity index (χ0n) is 14.9. The molecule has 0 radical (unpaired) electrons. The zero-order valence-corrected chi connectivity index (χ0v) is 16.5. The van der Waals surface area contributed by atoms with Gasteiger partial charge in [-0.15, -0.1) is 0 Å². The minimum Gasteiger partial charge on any atom is -0.389 e. The van der Waals surface area contributed by atoms with Gasteiger partial charge in [0.2, 0.25) is 0 Å². The number of carbonyl (C=O) groups is 1. The standard InChI is InChI=1S/C21H22BrN3O/c1-15(2)18-8-4-6-10-20(18)25-21(26)17(13-23)14-24-12-11-16-7-3-5-9-19(16)22/h3-10,14-15,24H,11-12H2,1-2H3,(H,25,26)/b17-14-. The number of anilines is 1. The smallest absolute Gasteiger partial charge is 0.267 e. The van der Waals surface area contributed by atoms with Crippen LogP contribution in [-0.2, 0) is 11.2 Å². The van der Waals surface area contributed by atoms with Crippen molar-refractivity contribution in [1.29, 1.82) is 5.26 Å². The number of nitrogens with one attached hydrogen (secondary N) is 2. The van der Waals surface area contributed by atoms with Crippen LogP contribution in [0.1, 0.15) is 30.9 Å². The third-order valence-electron chi connectivity index (χ3n) is 3.94. The summed E-state index contributed by atoms with van der Waals surface area (Å²) in [5.74, 6) is -0.127. The first-order chi connectivity index (χ1) is 12.5. The highest BCUT2D eigenvalue weighted by atomic mass is 79.9. The van der Waals surface area contributed by atoms with Gasteiger partial charge in [0, 0.05) is 22.9 Å². The Kier molecular flexibility index (Phi) is 7.43. The number of halogens is 1. The van der Waals surface area contributed by atoms with E-state index in [1.54, 1.807) is 0 Å². The molecule has 1 amide bonds. The van der Waals surface area contributed by atoms with Crippen LogP contribution < -0.4 is 10.6 Å². The van der Waals surface area contributed by atoms with Crippen molar-refractivity contribution in [2.45, 2.75) is 26.2 Å². The molecule has 2 N–H and O–H groups in total. The lowest BCUT2D eigenvalue weighted by atomic mass is 10.0. The Balaban J connectivity index is 1.97. The first kappa shape index (κ1) is 19.7. The van der Waals surface area contributed by atoms with E-state index in [1.165, 1.54) is 11.8 Å². The van der Waals surface area contributed by atoms with Crippen molar-refractivity contribution in [3.63, 3.8) is 0 Å². The Hall–Kier alpha value is -2.58. The molecule has 0 aliphatic rings. The van der Waals surface area contributed by atoms with Crippen LogP contribution in [0.4, 0.5) is 5.69 Å². The van der Waals surface area contributed by atoms with Gasteiger partial charge in [0.1, 0.15) is 11.6 Å². The Morgan fingerprint density at radius 1 is 1.19 bits per heavy atom. The van der Waals surface area contributed by atoms with Gasteiger partial charge in [0.05, 0.1) is 0 Å². The van der Waals surface area contributed by atoms with Crippen molar-refractivity contribution in [3.05, 3.63) is 75.9 Å². The number of amides is 1. The molecule has 0 heterocycles. The average molecular weight is 412 g/mol. The number of rotatable bonds is 7. The molecule has 2 aromatic carbocycles. The van der Waals surface area contributed by atoms with Gasteiger partial charge in [-0.25, -0.2) is 0 Å². The molecule has 4 nitrogen and oxygen atoms in total. The molecule has 0 aliphatic heterocycles. The fourth-order valence-electron chi connectivity index (χ4n) is 2.53. The third-order valence-corrected chi connectivity index (χ3v) is 4.71. The summed E-state index contributed by atoms with van der Waals surface area (Å²) in [6.45, 7) is 4.76. The van der Waals surface area contributed by atoms with E-state index in [2.05, 4.69) is 40.4 Å². The fraction of sp³-hybridized carbons (Fsp3) is 0.238. The van der Waals surface area contributed by atoms with Crippen molar-refractivity contribution in [2.75, 3.05) is 11.9 Å². The summed E-state index contributed by atoms with van der Waals surface area (Å²) in [4.78, 5) is 12.4. The second-order valence-electron chi connectivity index (χ2n) is 6.16. The van der Waals surface area contributed by atoms with E-state index in [1.807, 2.05) is 54.6 Å². The van der Waals surface area contributed by atoms with Gasteiger partial charge in [-0.3, -0.25) is 4.79 Å². The molecule has 0 aromatic heterocycles. The number of nitriles is 1. The molecular formula is C21H22BrN3O. The maximum atomic E-state index is 12.4. The Morgan fingerprint density at radius 3 is 2.58 bits per heavy atom. The SMILES string of the molecule is CC(C)c1ccccc1NC(=O)/C(C#N)=C\NCCc1ccccc1Br. The van der Waals surface area contributed by atoms with Crippen LogP contribution in [0.5, 0.6) is 0 Å². The van der Waals surface area contributed by atoms with Crippen molar-refractivity contribution in [2.24, 2.45) is 0 Å². The molecule has 2 aromatic rings. The van der Waals surface area contributed by atoms with E-state index in [9.17, 15) is 10.1 Å². The van der Waals surface area contributed by atoms with Gasteiger partial charge >= 0.3 is 0 Å². The summed E-state index contributed by atoms with van der Waals surface area (Å²) in [6.07, 6.45) is 2.26. The second-order valence-corrected chi connectivity index (χ2v) is 7.02. The predicted octanol–water partition coefficient (Wildman–Crippen LogP) is 4.75. The van der Waals surface area contributed by atoms with E-state index in [0.717, 1.165) is 22.1 Å². The number of benzene rings is 2. The highest BCUT2D eigenvalue weighted by molar-refractivity contribution is 9.10. The number of hydrogen-bond acceptors (Lipinski definition) is 3. The lowest BCUT2D eigenvalue weighted by Crippen LogP contribution is -2.18. The first-order valence-corrected chi connectivity index (χ1v) is 9.29. The van der Waals surface area contributed by atoms with E-state index >= 15 is 0 Å². The summed E-state index contributed by atoms with van der Waals surface area (Å²) in [5.41, 5.74) is 3.00. The van der Waals surface area contributed by atoms with Gasteiger partial charge in [0.25, 0.3) is 5.91 Å². The average Bonchev–Trinajstić information content (AvgIpc) is 2.63. The quantitative estimate of drug-likeness (QED) is 0.392. The molecule has 0 fully saturated rings. The van der Waals surface area contributed by atoms with Crippen LogP contribution in [0.25, 0.3) is 0 Å². The molecule has 2 rings (SSSR count). The summed E-state index contributed by atoms with van der Waals surface area (Å²) < 4.78 is 1.05. The number of para-hydroxylation sites is 1. The maximum Gasteiger partial charge on any atom is 0.267 e. The van der Waals surface area contributed by atoms with Gasteiger partial charge < -0.3 is 10.6 Å². The Bertz CT molecular complexity index is 837. The molecule has 134 valence electrons. The number of carbonyl (C=O) groups excluding carboxylic acids is 1. The predicted molar refractivity (Wildman–Crippen MR) is 109 cm³/mol. The molecule has 0 atom stereocenters. The molecule has 0 saturated heterocycles. The van der Waals surface area contributed by atoms with Crippen LogP contribution >= 0.6 is 15.9 Å². The molecule has 0 saturated carbocycles. The van der Waals surface area contributed by atoms with Crippen LogP contribution in [-0.4, -0.2) is 12.5 Å². The highest BCUT2D eigenvalue weighted by Gasteiger charge is 2.12. The third kappa shape index (κ3) is 5.47. The molecule has 0 bridgehead atoms. The van der Waals surface area contributed by atoms with Crippen molar-refractivity contribution in [1.82, 2.24) is 5.32 Å². The lowest BCUT2D eigenvalue weighted by Gasteiger charge is -2.13. The monoisotopic (exact) mass is 411 g/mol. The van der Waals surface area contributed by atoms with E-state index in [4.69, 9.17) is 0 Å². The van der Waals surface area contributed by atoms with E-state index < -0.39 is 5.91 Å². The van der Waals surface area contributed by atoms with E-state index in [0.29, 0.717) is 6.54 Å². The molecule has 0 unspecified atom stereocenters. The van der Waals surface area contributed by atoms with Gasteiger partial charge in [-0.1, -0.05) is 66.2 Å². The topological polar surface area (TPSA) is 64.9 Å². The lowest BCUT2D eigenvalue weighted by molar-refractivity contribution is -0.112. The fourth-order valence-corrected chi connectivity index (χ4v) is 3.02. The van der Waals surface area contributed by atoms with Gasteiger partial charge in [-0.2, -0.15) is 5.26 Å². The van der Waals surface area contributed by atoms with E-state index in [-0.39, 0.29) is 11.5 Å². The van der Waals surface area contributed by atoms with Gasteiger partial charge in [0.15, 0.2) is 0 Å². The van der Waals surface area contributed by atoms with Crippen molar-refractivity contribution in [3.8, 4) is 6.07 Å². The summed E-state index contributed by atoms with van der Waals surface area (Å²) in [7, 11) is 0. The highest BCUT2D eigenvalue weighted by Crippen LogP contribution is 2.24. The van der Waals surface area contributed by atoms with Crippen LogP contribution in [0, 0.1) is 11.3 Å². The minimum atomic E-state index is -0.408. The summed E-state index contributed by atoms with van der Waals surface area (Å²) >= 11 is 3.51. The minimum absolute atomic E-state index is 0.0516. The largest absolute Gasteiger partial charge is 0.389 e. The van der Waals surface area contributed by atoms with Crippen LogP contribution in [0.15, 0.2) is 64.8 Å². The second kappa shape index (κ2) is 9.79.